The summed E-state index contributed by atoms with van der Waals surface area (Å²) in [6.45, 7) is 0.597. The molecule has 0 radical (unpaired) electrons. The summed E-state index contributed by atoms with van der Waals surface area (Å²) < 4.78 is 1.24. The smallest absolute Gasteiger partial charge is 0.0458 e. The number of nitrogens with two attached hydrogens (primary N) is 1. The molecule has 0 saturated carbocycles. The second-order valence-electron chi connectivity index (χ2n) is 2.71. The van der Waals surface area contributed by atoms with Crippen LogP contribution < -0.4 is 5.73 Å². The Kier molecular flexibility index (Phi) is 2.06. The third kappa shape index (κ3) is 1.23. The lowest BCUT2D eigenvalue weighted by molar-refractivity contribution is 1.08. The fraction of sp³-hybridized carbons (Fsp3) is 0.111. The number of aromatic amines is 1. The molecule has 0 unspecified atom stereocenters. The number of rotatable bonds is 1. The van der Waals surface area contributed by atoms with E-state index in [0.717, 1.165) is 5.52 Å². The minimum atomic E-state index is 0.597. The Morgan fingerprint density at radius 1 is 1.42 bits per heavy atom. The van der Waals surface area contributed by atoms with Crippen molar-refractivity contribution in [3.63, 3.8) is 0 Å². The van der Waals surface area contributed by atoms with Crippen LogP contribution >= 0.6 is 22.6 Å². The number of H-pyrrole nitrogens is 1. The van der Waals surface area contributed by atoms with Crippen molar-refractivity contribution in [1.82, 2.24) is 4.98 Å². The number of nitrogens with one attached hydrogen (secondary N) is 1. The van der Waals surface area contributed by atoms with Gasteiger partial charge in [-0.25, -0.2) is 0 Å². The molecule has 3 heteroatoms. The van der Waals surface area contributed by atoms with Crippen LogP contribution in [-0.4, -0.2) is 4.98 Å². The zero-order valence-corrected chi connectivity index (χ0v) is 8.63. The van der Waals surface area contributed by atoms with E-state index in [2.05, 4.69) is 45.8 Å². The molecule has 3 N–H and O–H groups in total. The lowest BCUT2D eigenvalue weighted by Gasteiger charge is -1.94. The first-order chi connectivity index (χ1) is 5.81. The molecule has 2 aromatic rings. The van der Waals surface area contributed by atoms with Crippen LogP contribution in [0, 0.1) is 3.57 Å². The molecule has 62 valence electrons. The van der Waals surface area contributed by atoms with Crippen LogP contribution in [0.3, 0.4) is 0 Å². The van der Waals surface area contributed by atoms with Crippen molar-refractivity contribution < 1.29 is 0 Å². The second-order valence-corrected chi connectivity index (χ2v) is 3.95. The van der Waals surface area contributed by atoms with E-state index >= 15 is 0 Å². The molecule has 2 rings (SSSR count). The molecule has 1 aromatic heterocycles. The Hall–Kier alpha value is -0.550. The number of hydrogen-bond acceptors (Lipinski definition) is 1. The molecule has 0 aliphatic rings. The standard InChI is InChI=1S/C9H9IN2/c10-7-1-2-9-8(3-7)6(4-11)5-12-9/h1-3,5,12H,4,11H2. The summed E-state index contributed by atoms with van der Waals surface area (Å²) in [4.78, 5) is 3.18. The van der Waals surface area contributed by atoms with Crippen molar-refractivity contribution in [2.24, 2.45) is 5.73 Å². The van der Waals surface area contributed by atoms with Crippen molar-refractivity contribution in [1.29, 1.82) is 0 Å². The molecular formula is C9H9IN2. The van der Waals surface area contributed by atoms with Crippen LogP contribution in [0.25, 0.3) is 10.9 Å². The maximum absolute atomic E-state index is 5.59. The average molecular weight is 272 g/mol. The number of fused-ring (bicyclic) bond motifs is 1. The van der Waals surface area contributed by atoms with E-state index in [1.165, 1.54) is 14.5 Å². The van der Waals surface area contributed by atoms with Gasteiger partial charge in [-0.15, -0.1) is 0 Å². The predicted molar refractivity (Wildman–Crippen MR) is 58.9 cm³/mol. The van der Waals surface area contributed by atoms with Crippen LogP contribution in [0.1, 0.15) is 5.56 Å². The molecule has 0 saturated heterocycles. The van der Waals surface area contributed by atoms with Crippen LogP contribution in [0.5, 0.6) is 0 Å². The minimum Gasteiger partial charge on any atom is -0.361 e. The molecule has 0 aliphatic carbocycles. The number of hydrogen-bond donors (Lipinski definition) is 2. The fourth-order valence-corrected chi connectivity index (χ4v) is 1.81. The van der Waals surface area contributed by atoms with Gasteiger partial charge in [0.1, 0.15) is 0 Å². The van der Waals surface area contributed by atoms with E-state index < -0.39 is 0 Å². The molecule has 0 amide bonds. The van der Waals surface area contributed by atoms with Gasteiger partial charge in [-0.05, 0) is 46.4 Å². The summed E-state index contributed by atoms with van der Waals surface area (Å²) in [6.07, 6.45) is 1.97. The van der Waals surface area contributed by atoms with Crippen molar-refractivity contribution >= 4 is 33.5 Å². The lowest BCUT2D eigenvalue weighted by Crippen LogP contribution is -1.93. The van der Waals surface area contributed by atoms with Crippen LogP contribution in [0.15, 0.2) is 24.4 Å². The monoisotopic (exact) mass is 272 g/mol. The van der Waals surface area contributed by atoms with Gasteiger partial charge in [0, 0.05) is 27.2 Å². The van der Waals surface area contributed by atoms with Crippen LogP contribution in [0.2, 0.25) is 0 Å². The van der Waals surface area contributed by atoms with Crippen molar-refractivity contribution in [3.05, 3.63) is 33.5 Å². The highest BCUT2D eigenvalue weighted by molar-refractivity contribution is 14.1. The molecule has 1 aromatic carbocycles. The van der Waals surface area contributed by atoms with Crippen molar-refractivity contribution in [2.75, 3.05) is 0 Å². The summed E-state index contributed by atoms with van der Waals surface area (Å²) in [5.74, 6) is 0. The van der Waals surface area contributed by atoms with E-state index in [-0.39, 0.29) is 0 Å². The Balaban J connectivity index is 2.75. The summed E-state index contributed by atoms with van der Waals surface area (Å²) in [7, 11) is 0. The van der Waals surface area contributed by atoms with Gasteiger partial charge in [0.05, 0.1) is 0 Å². The topological polar surface area (TPSA) is 41.8 Å². The summed E-state index contributed by atoms with van der Waals surface area (Å²) in [6, 6.07) is 6.31. The molecular weight excluding hydrogens is 263 g/mol. The number of halogens is 1. The molecule has 0 atom stereocenters. The van der Waals surface area contributed by atoms with Crippen molar-refractivity contribution in [3.8, 4) is 0 Å². The van der Waals surface area contributed by atoms with Gasteiger partial charge in [0.15, 0.2) is 0 Å². The summed E-state index contributed by atoms with van der Waals surface area (Å²) >= 11 is 2.30. The molecule has 0 fully saturated rings. The molecule has 0 bridgehead atoms. The molecule has 0 spiro atoms. The first kappa shape index (κ1) is 8.07. The third-order valence-corrected chi connectivity index (χ3v) is 2.62. The van der Waals surface area contributed by atoms with Gasteiger partial charge in [0.2, 0.25) is 0 Å². The maximum atomic E-state index is 5.59. The molecule has 2 nitrogen and oxygen atoms in total. The normalized spacial score (nSPS) is 10.8. The SMILES string of the molecule is NCc1c[nH]c2ccc(I)cc12. The van der Waals surface area contributed by atoms with Gasteiger partial charge < -0.3 is 10.7 Å². The minimum absolute atomic E-state index is 0.597. The van der Waals surface area contributed by atoms with Crippen LogP contribution in [0.4, 0.5) is 0 Å². The lowest BCUT2D eigenvalue weighted by atomic mass is 10.2. The van der Waals surface area contributed by atoms with Gasteiger partial charge in [-0.1, -0.05) is 0 Å². The van der Waals surface area contributed by atoms with Crippen LogP contribution in [-0.2, 0) is 6.54 Å². The Labute approximate surface area is 84.3 Å². The Morgan fingerprint density at radius 2 is 2.25 bits per heavy atom. The third-order valence-electron chi connectivity index (χ3n) is 1.95. The Bertz CT molecular complexity index is 406. The number of aromatic nitrogens is 1. The summed E-state index contributed by atoms with van der Waals surface area (Å²) in [5, 5.41) is 1.24. The first-order valence-corrected chi connectivity index (χ1v) is 4.84. The fourth-order valence-electron chi connectivity index (χ4n) is 1.32. The highest BCUT2D eigenvalue weighted by Crippen LogP contribution is 2.20. The van der Waals surface area contributed by atoms with E-state index in [1.54, 1.807) is 0 Å². The van der Waals surface area contributed by atoms with E-state index in [0.29, 0.717) is 6.54 Å². The second kappa shape index (κ2) is 3.06. The Morgan fingerprint density at radius 3 is 3.00 bits per heavy atom. The predicted octanol–water partition coefficient (Wildman–Crippen LogP) is 2.23. The van der Waals surface area contributed by atoms with Gasteiger partial charge in [0.25, 0.3) is 0 Å². The van der Waals surface area contributed by atoms with Gasteiger partial charge in [-0.3, -0.25) is 0 Å². The first-order valence-electron chi connectivity index (χ1n) is 3.77. The van der Waals surface area contributed by atoms with E-state index in [1.807, 2.05) is 6.20 Å². The van der Waals surface area contributed by atoms with Crippen molar-refractivity contribution in [2.45, 2.75) is 6.54 Å². The quantitative estimate of drug-likeness (QED) is 0.768. The maximum Gasteiger partial charge on any atom is 0.0458 e. The average Bonchev–Trinajstić information content (AvgIpc) is 2.46. The van der Waals surface area contributed by atoms with E-state index in [9.17, 15) is 0 Å². The molecule has 1 heterocycles. The van der Waals surface area contributed by atoms with Gasteiger partial charge in [-0.2, -0.15) is 0 Å². The highest BCUT2D eigenvalue weighted by atomic mass is 127. The number of benzene rings is 1. The zero-order chi connectivity index (χ0) is 8.55. The molecule has 12 heavy (non-hydrogen) atoms. The summed E-state index contributed by atoms with van der Waals surface area (Å²) in [5.41, 5.74) is 7.93. The van der Waals surface area contributed by atoms with Gasteiger partial charge >= 0.3 is 0 Å². The highest BCUT2D eigenvalue weighted by Gasteiger charge is 2.00. The molecule has 0 aliphatic heterocycles. The van der Waals surface area contributed by atoms with E-state index in [4.69, 9.17) is 5.73 Å². The zero-order valence-electron chi connectivity index (χ0n) is 6.47. The largest absolute Gasteiger partial charge is 0.361 e.